The van der Waals surface area contributed by atoms with Crippen LogP contribution in [-0.4, -0.2) is 46.8 Å². The molecule has 0 saturated carbocycles. The number of amides is 1. The van der Waals surface area contributed by atoms with Gasteiger partial charge in [-0.05, 0) is 25.1 Å². The summed E-state index contributed by atoms with van der Waals surface area (Å²) >= 11 is 0. The highest BCUT2D eigenvalue weighted by molar-refractivity contribution is 5.80. The van der Waals surface area contributed by atoms with Crippen molar-refractivity contribution in [2.75, 3.05) is 26.2 Å². The molecule has 0 bridgehead atoms. The lowest BCUT2D eigenvalue weighted by molar-refractivity contribution is -0.131. The standard InChI is InChI=1S/C16H20N4O3/c21-14(19-9-3-7-17-8-11-19)6-10-20-16(23)13-5-2-1-4-12(13)15(22)18-20/h1-2,4-5,17H,3,6-11H2,(H,18,22). The minimum Gasteiger partial charge on any atom is -0.341 e. The normalized spacial score (nSPS) is 15.6. The van der Waals surface area contributed by atoms with Crippen molar-refractivity contribution in [1.29, 1.82) is 0 Å². The Kier molecular flexibility index (Phi) is 4.57. The number of carbonyl (C=O) groups excluding carboxylic acids is 1. The summed E-state index contributed by atoms with van der Waals surface area (Å²) in [5.74, 6) is 0.00890. The van der Waals surface area contributed by atoms with E-state index in [0.29, 0.717) is 17.3 Å². The summed E-state index contributed by atoms with van der Waals surface area (Å²) in [5.41, 5.74) is -0.586. The van der Waals surface area contributed by atoms with Gasteiger partial charge in [-0.2, -0.15) is 0 Å². The first-order valence-corrected chi connectivity index (χ1v) is 7.87. The number of hydrogen-bond acceptors (Lipinski definition) is 4. The molecule has 122 valence electrons. The molecule has 0 radical (unpaired) electrons. The van der Waals surface area contributed by atoms with Gasteiger partial charge in [0.25, 0.3) is 11.1 Å². The second-order valence-corrected chi connectivity index (χ2v) is 5.68. The number of rotatable bonds is 3. The Morgan fingerprint density at radius 1 is 1.09 bits per heavy atom. The highest BCUT2D eigenvalue weighted by Crippen LogP contribution is 2.04. The van der Waals surface area contributed by atoms with Gasteiger partial charge in [-0.3, -0.25) is 19.5 Å². The summed E-state index contributed by atoms with van der Waals surface area (Å²) in [5, 5.41) is 6.55. The summed E-state index contributed by atoms with van der Waals surface area (Å²) in [6.07, 6.45) is 1.13. The molecule has 2 aromatic rings. The largest absolute Gasteiger partial charge is 0.341 e. The number of fused-ring (bicyclic) bond motifs is 1. The van der Waals surface area contributed by atoms with Crippen molar-refractivity contribution in [1.82, 2.24) is 20.0 Å². The van der Waals surface area contributed by atoms with Crippen molar-refractivity contribution in [3.8, 4) is 0 Å². The first kappa shape index (κ1) is 15.5. The van der Waals surface area contributed by atoms with Gasteiger partial charge in [0.2, 0.25) is 5.91 Å². The molecule has 0 aliphatic carbocycles. The molecule has 1 aromatic heterocycles. The van der Waals surface area contributed by atoms with Crippen LogP contribution in [0.25, 0.3) is 10.8 Å². The van der Waals surface area contributed by atoms with Crippen LogP contribution in [0, 0.1) is 0 Å². The molecule has 1 fully saturated rings. The third-order valence-corrected chi connectivity index (χ3v) is 4.13. The topological polar surface area (TPSA) is 87.2 Å². The SMILES string of the molecule is O=C(CCn1[nH]c(=O)c2ccccc2c1=O)N1CCCNCC1. The molecular weight excluding hydrogens is 296 g/mol. The lowest BCUT2D eigenvalue weighted by atomic mass is 10.2. The molecular formula is C16H20N4O3. The van der Waals surface area contributed by atoms with Crippen LogP contribution in [0.4, 0.5) is 0 Å². The van der Waals surface area contributed by atoms with E-state index in [1.807, 2.05) is 4.90 Å². The van der Waals surface area contributed by atoms with E-state index >= 15 is 0 Å². The zero-order valence-electron chi connectivity index (χ0n) is 12.9. The maximum atomic E-state index is 12.4. The molecule has 7 heteroatoms. The van der Waals surface area contributed by atoms with Gasteiger partial charge >= 0.3 is 0 Å². The molecule has 0 unspecified atom stereocenters. The highest BCUT2D eigenvalue weighted by Gasteiger charge is 2.15. The molecule has 2 N–H and O–H groups in total. The average Bonchev–Trinajstić information content (AvgIpc) is 2.86. The van der Waals surface area contributed by atoms with E-state index in [1.54, 1.807) is 24.3 Å². The van der Waals surface area contributed by atoms with Crippen LogP contribution >= 0.6 is 0 Å². The Morgan fingerprint density at radius 2 is 1.87 bits per heavy atom. The monoisotopic (exact) mass is 316 g/mol. The van der Waals surface area contributed by atoms with Crippen molar-refractivity contribution in [2.24, 2.45) is 0 Å². The predicted octanol–water partition coefficient (Wildman–Crippen LogP) is -0.0982. The second kappa shape index (κ2) is 6.78. The second-order valence-electron chi connectivity index (χ2n) is 5.68. The van der Waals surface area contributed by atoms with Crippen molar-refractivity contribution in [3.05, 3.63) is 45.0 Å². The van der Waals surface area contributed by atoms with E-state index < -0.39 is 0 Å². The van der Waals surface area contributed by atoms with Crippen molar-refractivity contribution in [2.45, 2.75) is 19.4 Å². The number of aromatic amines is 1. The Balaban J connectivity index is 1.77. The van der Waals surface area contributed by atoms with E-state index in [1.165, 1.54) is 4.68 Å². The van der Waals surface area contributed by atoms with Gasteiger partial charge in [0, 0.05) is 26.1 Å². The molecule has 0 spiro atoms. The fraction of sp³-hybridized carbons (Fsp3) is 0.438. The maximum Gasteiger partial charge on any atom is 0.273 e. The zero-order chi connectivity index (χ0) is 16.2. The smallest absolute Gasteiger partial charge is 0.273 e. The molecule has 7 nitrogen and oxygen atoms in total. The third-order valence-electron chi connectivity index (χ3n) is 4.13. The number of aryl methyl sites for hydroxylation is 1. The van der Waals surface area contributed by atoms with Gasteiger partial charge in [0.05, 0.1) is 17.3 Å². The number of benzene rings is 1. The zero-order valence-corrected chi connectivity index (χ0v) is 12.9. The van der Waals surface area contributed by atoms with Gasteiger partial charge in [-0.1, -0.05) is 12.1 Å². The van der Waals surface area contributed by atoms with Crippen LogP contribution in [0.15, 0.2) is 33.9 Å². The minimum absolute atomic E-state index is 0.00890. The highest BCUT2D eigenvalue weighted by atomic mass is 16.2. The van der Waals surface area contributed by atoms with Gasteiger partial charge in [0.1, 0.15) is 0 Å². The Labute approximate surface area is 132 Å². The molecule has 1 amide bonds. The number of nitrogens with zero attached hydrogens (tertiary/aromatic N) is 2. The predicted molar refractivity (Wildman–Crippen MR) is 87.5 cm³/mol. The molecule has 0 atom stereocenters. The number of carbonyl (C=O) groups is 1. The molecule has 1 aromatic carbocycles. The Hall–Kier alpha value is -2.41. The summed E-state index contributed by atoms with van der Waals surface area (Å²) in [6.45, 7) is 3.30. The van der Waals surface area contributed by atoms with Crippen LogP contribution in [0.3, 0.4) is 0 Å². The Bertz CT molecular complexity index is 816. The van der Waals surface area contributed by atoms with E-state index in [0.717, 1.165) is 26.1 Å². The number of nitrogens with one attached hydrogen (secondary N) is 2. The lowest BCUT2D eigenvalue weighted by Crippen LogP contribution is -2.36. The van der Waals surface area contributed by atoms with E-state index in [2.05, 4.69) is 10.4 Å². The van der Waals surface area contributed by atoms with Crippen molar-refractivity contribution >= 4 is 16.7 Å². The van der Waals surface area contributed by atoms with Crippen molar-refractivity contribution in [3.63, 3.8) is 0 Å². The first-order valence-electron chi connectivity index (χ1n) is 7.87. The number of aromatic nitrogens is 2. The van der Waals surface area contributed by atoms with E-state index in [9.17, 15) is 14.4 Å². The average molecular weight is 316 g/mol. The summed E-state index contributed by atoms with van der Waals surface area (Å²) < 4.78 is 1.23. The van der Waals surface area contributed by atoms with Crippen LogP contribution in [0.5, 0.6) is 0 Å². The molecule has 3 rings (SSSR count). The fourth-order valence-corrected chi connectivity index (χ4v) is 2.86. The number of H-pyrrole nitrogens is 1. The lowest BCUT2D eigenvalue weighted by Gasteiger charge is -2.20. The van der Waals surface area contributed by atoms with Gasteiger partial charge in [-0.25, -0.2) is 4.68 Å². The quantitative estimate of drug-likeness (QED) is 0.828. The van der Waals surface area contributed by atoms with Crippen molar-refractivity contribution < 1.29 is 4.79 Å². The van der Waals surface area contributed by atoms with Crippen LogP contribution in [0.1, 0.15) is 12.8 Å². The molecule has 23 heavy (non-hydrogen) atoms. The summed E-state index contributed by atoms with van der Waals surface area (Å²) in [4.78, 5) is 38.5. The summed E-state index contributed by atoms with van der Waals surface area (Å²) in [6, 6.07) is 6.70. The molecule has 1 aliphatic rings. The van der Waals surface area contributed by atoms with Gasteiger partial charge in [-0.15, -0.1) is 0 Å². The fourth-order valence-electron chi connectivity index (χ4n) is 2.86. The third kappa shape index (κ3) is 3.34. The molecule has 2 heterocycles. The van der Waals surface area contributed by atoms with Gasteiger partial charge < -0.3 is 10.2 Å². The van der Waals surface area contributed by atoms with E-state index in [-0.39, 0.29) is 30.0 Å². The van der Waals surface area contributed by atoms with E-state index in [4.69, 9.17) is 0 Å². The van der Waals surface area contributed by atoms with Crippen LogP contribution in [-0.2, 0) is 11.3 Å². The van der Waals surface area contributed by atoms with Gasteiger partial charge in [0.15, 0.2) is 0 Å². The first-order chi connectivity index (χ1) is 11.2. The maximum absolute atomic E-state index is 12.4. The summed E-state index contributed by atoms with van der Waals surface area (Å²) in [7, 11) is 0. The molecule has 1 aliphatic heterocycles. The molecule has 1 saturated heterocycles. The van der Waals surface area contributed by atoms with Crippen LogP contribution in [0.2, 0.25) is 0 Å². The number of hydrogen-bond donors (Lipinski definition) is 2. The minimum atomic E-state index is -0.313. The van der Waals surface area contributed by atoms with Crippen LogP contribution < -0.4 is 16.4 Å². The Morgan fingerprint density at radius 3 is 2.70 bits per heavy atom.